The van der Waals surface area contributed by atoms with Gasteiger partial charge in [-0.3, -0.25) is 4.98 Å². The lowest BCUT2D eigenvalue weighted by molar-refractivity contribution is 0.415. The Morgan fingerprint density at radius 1 is 1.70 bits per heavy atom. The molecule has 0 N–H and O–H groups in total. The molecule has 3 heteroatoms. The van der Waals surface area contributed by atoms with Crippen LogP contribution in [0, 0.1) is 6.57 Å². The van der Waals surface area contributed by atoms with Gasteiger partial charge in [-0.25, -0.2) is 4.85 Å². The fourth-order valence-electron chi connectivity index (χ4n) is 0.622. The summed E-state index contributed by atoms with van der Waals surface area (Å²) in [5, 5.41) is 0. The lowest BCUT2D eigenvalue weighted by Gasteiger charge is -1.98. The third-order valence-electron chi connectivity index (χ3n) is 1.10. The van der Waals surface area contributed by atoms with Crippen molar-refractivity contribution in [2.45, 2.75) is 0 Å². The van der Waals surface area contributed by atoms with Crippen molar-refractivity contribution in [3.63, 3.8) is 0 Å². The second-order valence-electron chi connectivity index (χ2n) is 1.66. The summed E-state index contributed by atoms with van der Waals surface area (Å²) < 4.78 is 4.86. The summed E-state index contributed by atoms with van der Waals surface area (Å²) >= 11 is 0. The number of methoxy groups -OCH3 is 1. The van der Waals surface area contributed by atoms with Gasteiger partial charge in [-0.2, -0.15) is 0 Å². The third-order valence-corrected chi connectivity index (χ3v) is 1.10. The number of hydrogen-bond acceptors (Lipinski definition) is 2. The molecular formula is C7H6N2O. The summed E-state index contributed by atoms with van der Waals surface area (Å²) in [5.74, 6) is 0.525. The summed E-state index contributed by atoms with van der Waals surface area (Å²) in [4.78, 5) is 7.02. The molecule has 1 heterocycles. The molecule has 0 aliphatic heterocycles. The zero-order chi connectivity index (χ0) is 7.40. The van der Waals surface area contributed by atoms with E-state index in [0.717, 1.165) is 0 Å². The van der Waals surface area contributed by atoms with Crippen molar-refractivity contribution < 1.29 is 4.74 Å². The third kappa shape index (κ3) is 1.06. The van der Waals surface area contributed by atoms with Crippen LogP contribution in [0.2, 0.25) is 0 Å². The first-order valence-electron chi connectivity index (χ1n) is 2.74. The first-order valence-corrected chi connectivity index (χ1v) is 2.74. The SMILES string of the molecule is [C-]#[N+]c1ccncc1OC. The predicted molar refractivity (Wildman–Crippen MR) is 37.1 cm³/mol. The van der Waals surface area contributed by atoms with Gasteiger partial charge in [-0.05, 0) is 6.07 Å². The highest BCUT2D eigenvalue weighted by atomic mass is 16.5. The van der Waals surface area contributed by atoms with Crippen LogP contribution in [0.25, 0.3) is 4.85 Å². The van der Waals surface area contributed by atoms with Crippen LogP contribution in [-0.2, 0) is 0 Å². The van der Waals surface area contributed by atoms with E-state index in [-0.39, 0.29) is 0 Å². The van der Waals surface area contributed by atoms with Gasteiger partial charge in [-0.15, -0.1) is 0 Å². The first kappa shape index (κ1) is 6.56. The van der Waals surface area contributed by atoms with E-state index >= 15 is 0 Å². The van der Waals surface area contributed by atoms with E-state index in [2.05, 4.69) is 9.83 Å². The molecular weight excluding hydrogens is 128 g/mol. The second kappa shape index (κ2) is 2.83. The number of hydrogen-bond donors (Lipinski definition) is 0. The Hall–Kier alpha value is -1.56. The highest BCUT2D eigenvalue weighted by molar-refractivity contribution is 5.55. The number of ether oxygens (including phenoxy) is 1. The number of rotatable bonds is 1. The predicted octanol–water partition coefficient (Wildman–Crippen LogP) is 1.64. The maximum Gasteiger partial charge on any atom is 0.231 e. The molecule has 1 rings (SSSR count). The van der Waals surface area contributed by atoms with Crippen LogP contribution < -0.4 is 4.74 Å². The van der Waals surface area contributed by atoms with Gasteiger partial charge in [0.2, 0.25) is 5.69 Å². The molecule has 0 fully saturated rings. The lowest BCUT2D eigenvalue weighted by Crippen LogP contribution is -1.82. The van der Waals surface area contributed by atoms with Crippen LogP contribution in [0.4, 0.5) is 5.69 Å². The van der Waals surface area contributed by atoms with Crippen LogP contribution in [-0.4, -0.2) is 12.1 Å². The highest BCUT2D eigenvalue weighted by Gasteiger charge is 1.98. The fraction of sp³-hybridized carbons (Fsp3) is 0.143. The first-order chi connectivity index (χ1) is 4.88. The van der Waals surface area contributed by atoms with Crippen molar-refractivity contribution in [3.05, 3.63) is 29.9 Å². The maximum absolute atomic E-state index is 6.71. The fourth-order valence-corrected chi connectivity index (χ4v) is 0.622. The average molecular weight is 134 g/mol. The smallest absolute Gasteiger partial charge is 0.231 e. The van der Waals surface area contributed by atoms with Crippen LogP contribution in [0.5, 0.6) is 5.75 Å². The van der Waals surface area contributed by atoms with Crippen molar-refractivity contribution >= 4 is 5.69 Å². The zero-order valence-electron chi connectivity index (χ0n) is 5.53. The zero-order valence-corrected chi connectivity index (χ0v) is 5.53. The van der Waals surface area contributed by atoms with Gasteiger partial charge in [0, 0.05) is 6.20 Å². The summed E-state index contributed by atoms with van der Waals surface area (Å²) in [6, 6.07) is 1.62. The largest absolute Gasteiger partial charge is 0.506 e. The van der Waals surface area contributed by atoms with E-state index < -0.39 is 0 Å². The van der Waals surface area contributed by atoms with Gasteiger partial charge >= 0.3 is 0 Å². The number of nitrogens with zero attached hydrogens (tertiary/aromatic N) is 2. The van der Waals surface area contributed by atoms with Gasteiger partial charge in [0.1, 0.15) is 5.75 Å². The Labute approximate surface area is 59.1 Å². The molecule has 0 unspecified atom stereocenters. The van der Waals surface area contributed by atoms with Gasteiger partial charge in [0.15, 0.2) is 0 Å². The van der Waals surface area contributed by atoms with E-state index in [9.17, 15) is 0 Å². The van der Waals surface area contributed by atoms with E-state index in [1.807, 2.05) is 0 Å². The van der Waals surface area contributed by atoms with Gasteiger partial charge in [0.25, 0.3) is 0 Å². The number of aromatic nitrogens is 1. The highest BCUT2D eigenvalue weighted by Crippen LogP contribution is 2.24. The van der Waals surface area contributed by atoms with E-state index in [1.54, 1.807) is 12.3 Å². The molecule has 0 saturated carbocycles. The second-order valence-corrected chi connectivity index (χ2v) is 1.66. The minimum Gasteiger partial charge on any atom is -0.506 e. The van der Waals surface area contributed by atoms with Crippen molar-refractivity contribution in [1.29, 1.82) is 0 Å². The summed E-state index contributed by atoms with van der Waals surface area (Å²) in [7, 11) is 1.52. The Bertz CT molecular complexity index is 265. The average Bonchev–Trinajstić information content (AvgIpc) is 2.04. The monoisotopic (exact) mass is 134 g/mol. The van der Waals surface area contributed by atoms with E-state index in [4.69, 9.17) is 11.3 Å². The van der Waals surface area contributed by atoms with Gasteiger partial charge < -0.3 is 4.74 Å². The minimum absolute atomic E-state index is 0.498. The standard InChI is InChI=1S/C7H6N2O/c1-8-6-3-4-9-5-7(6)10-2/h3-5H,2H3. The molecule has 1 aromatic heterocycles. The quantitative estimate of drug-likeness (QED) is 0.546. The van der Waals surface area contributed by atoms with Crippen LogP contribution in [0.3, 0.4) is 0 Å². The Balaban J connectivity index is 3.12. The molecule has 50 valence electrons. The molecule has 10 heavy (non-hydrogen) atoms. The Morgan fingerprint density at radius 3 is 3.00 bits per heavy atom. The van der Waals surface area contributed by atoms with Crippen molar-refractivity contribution in [2.24, 2.45) is 0 Å². The number of pyridine rings is 1. The normalized spacial score (nSPS) is 8.40. The maximum atomic E-state index is 6.71. The molecule has 0 atom stereocenters. The van der Waals surface area contributed by atoms with Crippen LogP contribution >= 0.6 is 0 Å². The summed E-state index contributed by atoms with van der Waals surface area (Å²) in [6.45, 7) is 6.71. The molecule has 0 saturated heterocycles. The summed E-state index contributed by atoms with van der Waals surface area (Å²) in [6.07, 6.45) is 3.09. The molecule has 0 spiro atoms. The molecule has 0 amide bonds. The Kier molecular flexibility index (Phi) is 1.86. The molecule has 0 radical (unpaired) electrons. The van der Waals surface area contributed by atoms with Crippen LogP contribution in [0.15, 0.2) is 18.5 Å². The molecule has 1 aromatic rings. The topological polar surface area (TPSA) is 26.5 Å². The molecule has 0 aliphatic carbocycles. The molecule has 0 aromatic carbocycles. The molecule has 3 nitrogen and oxygen atoms in total. The van der Waals surface area contributed by atoms with E-state index in [0.29, 0.717) is 11.4 Å². The Morgan fingerprint density at radius 2 is 2.50 bits per heavy atom. The molecule has 0 bridgehead atoms. The lowest BCUT2D eigenvalue weighted by atomic mass is 10.4. The van der Waals surface area contributed by atoms with E-state index in [1.165, 1.54) is 13.3 Å². The minimum atomic E-state index is 0.498. The van der Waals surface area contributed by atoms with Crippen molar-refractivity contribution in [1.82, 2.24) is 4.98 Å². The van der Waals surface area contributed by atoms with Crippen molar-refractivity contribution in [3.8, 4) is 5.75 Å². The summed E-state index contributed by atoms with van der Waals surface area (Å²) in [5.41, 5.74) is 0.498. The molecule has 0 aliphatic rings. The van der Waals surface area contributed by atoms with Gasteiger partial charge in [0.05, 0.1) is 19.9 Å². The van der Waals surface area contributed by atoms with Gasteiger partial charge in [-0.1, -0.05) is 0 Å². The van der Waals surface area contributed by atoms with Crippen LogP contribution in [0.1, 0.15) is 0 Å². The van der Waals surface area contributed by atoms with Crippen molar-refractivity contribution in [2.75, 3.05) is 7.11 Å².